The smallest absolute Gasteiger partial charge is 0.173 e. The molecule has 1 atom stereocenters. The summed E-state index contributed by atoms with van der Waals surface area (Å²) >= 11 is 7.32. The zero-order chi connectivity index (χ0) is 22.7. The van der Waals surface area contributed by atoms with Crippen molar-refractivity contribution in [1.82, 2.24) is 5.32 Å². The summed E-state index contributed by atoms with van der Waals surface area (Å²) in [7, 11) is 0. The third-order valence-electron chi connectivity index (χ3n) is 5.41. The van der Waals surface area contributed by atoms with Gasteiger partial charge < -0.3 is 5.32 Å². The Morgan fingerprint density at radius 2 is 1.77 bits per heavy atom. The van der Waals surface area contributed by atoms with E-state index in [9.17, 15) is 14.9 Å². The first kappa shape index (κ1) is 22.9. The number of hydrogen-bond acceptors (Lipinski definition) is 5. The molecule has 0 bridgehead atoms. The molecule has 0 amide bonds. The van der Waals surface area contributed by atoms with Gasteiger partial charge in [-0.3, -0.25) is 9.59 Å². The number of aryl methyl sites for hydroxylation is 2. The number of hydrogen-bond donors (Lipinski definition) is 1. The molecule has 2 aromatic carbocycles. The monoisotopic (exact) mass is 450 g/mol. The van der Waals surface area contributed by atoms with Gasteiger partial charge in [0.25, 0.3) is 0 Å². The van der Waals surface area contributed by atoms with Crippen molar-refractivity contribution in [1.29, 1.82) is 5.26 Å². The Labute approximate surface area is 192 Å². The molecule has 6 heteroatoms. The molecule has 1 aliphatic rings. The summed E-state index contributed by atoms with van der Waals surface area (Å²) in [5.74, 6) is -0.429. The number of benzene rings is 2. The number of thioether (sulfide) groups is 1. The van der Waals surface area contributed by atoms with E-state index in [4.69, 9.17) is 11.6 Å². The van der Waals surface area contributed by atoms with Crippen molar-refractivity contribution >= 4 is 34.9 Å². The molecule has 1 aliphatic heterocycles. The van der Waals surface area contributed by atoms with E-state index < -0.39 is 5.92 Å². The summed E-state index contributed by atoms with van der Waals surface area (Å²) in [5, 5.41) is 14.3. The van der Waals surface area contributed by atoms with E-state index >= 15 is 0 Å². The van der Waals surface area contributed by atoms with E-state index in [1.807, 2.05) is 51.1 Å². The van der Waals surface area contributed by atoms with Crippen LogP contribution in [0.4, 0.5) is 0 Å². The quantitative estimate of drug-likeness (QED) is 0.558. The van der Waals surface area contributed by atoms with E-state index in [-0.39, 0.29) is 17.3 Å². The molecule has 0 unspecified atom stereocenters. The van der Waals surface area contributed by atoms with Crippen molar-refractivity contribution in [2.45, 2.75) is 33.6 Å². The summed E-state index contributed by atoms with van der Waals surface area (Å²) in [5.41, 5.74) is 5.32. The number of ketones is 2. The molecular formula is C25H23ClN2O2S. The van der Waals surface area contributed by atoms with Gasteiger partial charge in [-0.2, -0.15) is 5.26 Å². The van der Waals surface area contributed by atoms with Crippen molar-refractivity contribution in [3.63, 3.8) is 0 Å². The SMILES string of the molecule is CC(=O)C1=C(C)NC(SCC(=O)c2ccc(C)c(C)c2)=C(C#N)[C@H]1c1ccc(Cl)cc1. The molecule has 0 spiro atoms. The number of carbonyl (C=O) groups is 2. The van der Waals surface area contributed by atoms with E-state index in [0.29, 0.717) is 32.5 Å². The molecule has 2 aromatic rings. The van der Waals surface area contributed by atoms with E-state index in [1.165, 1.54) is 18.7 Å². The lowest BCUT2D eigenvalue weighted by Gasteiger charge is -2.29. The zero-order valence-corrected chi connectivity index (χ0v) is 19.4. The van der Waals surface area contributed by atoms with Crippen molar-refractivity contribution in [3.05, 3.63) is 91.6 Å². The molecule has 158 valence electrons. The number of halogens is 1. The first-order valence-electron chi connectivity index (χ1n) is 9.84. The minimum absolute atomic E-state index is 0.0123. The van der Waals surface area contributed by atoms with Gasteiger partial charge in [-0.25, -0.2) is 0 Å². The summed E-state index contributed by atoms with van der Waals surface area (Å²) in [6.07, 6.45) is 0. The van der Waals surface area contributed by atoms with Crippen LogP contribution in [0.5, 0.6) is 0 Å². The molecule has 4 nitrogen and oxygen atoms in total. The third-order valence-corrected chi connectivity index (χ3v) is 6.68. The first-order valence-corrected chi connectivity index (χ1v) is 11.2. The molecule has 0 aliphatic carbocycles. The average molecular weight is 451 g/mol. The number of dihydropyridines is 1. The highest BCUT2D eigenvalue weighted by atomic mass is 35.5. The van der Waals surface area contributed by atoms with Gasteiger partial charge in [-0.05, 0) is 62.6 Å². The van der Waals surface area contributed by atoms with Crippen LogP contribution >= 0.6 is 23.4 Å². The van der Waals surface area contributed by atoms with Crippen molar-refractivity contribution < 1.29 is 9.59 Å². The van der Waals surface area contributed by atoms with Gasteiger partial charge in [-0.1, -0.05) is 47.6 Å². The third kappa shape index (κ3) is 4.92. The molecule has 0 saturated carbocycles. The van der Waals surface area contributed by atoms with Gasteiger partial charge >= 0.3 is 0 Å². The van der Waals surface area contributed by atoms with E-state index in [0.717, 1.165) is 16.7 Å². The average Bonchev–Trinajstić information content (AvgIpc) is 2.73. The maximum Gasteiger partial charge on any atom is 0.173 e. The second kappa shape index (κ2) is 9.55. The van der Waals surface area contributed by atoms with Crippen molar-refractivity contribution in [3.8, 4) is 6.07 Å². The minimum atomic E-state index is -0.500. The van der Waals surface area contributed by atoms with Crippen LogP contribution in [0.2, 0.25) is 5.02 Å². The second-order valence-electron chi connectivity index (χ2n) is 7.57. The number of nitrogens with zero attached hydrogens (tertiary/aromatic N) is 1. The molecule has 0 aromatic heterocycles. The fraction of sp³-hybridized carbons (Fsp3) is 0.240. The summed E-state index contributed by atoms with van der Waals surface area (Å²) < 4.78 is 0. The van der Waals surface area contributed by atoms with Crippen molar-refractivity contribution in [2.75, 3.05) is 5.75 Å². The highest BCUT2D eigenvalue weighted by molar-refractivity contribution is 8.03. The Hall–Kier alpha value is -2.81. The van der Waals surface area contributed by atoms with Crippen LogP contribution in [0.15, 0.2) is 64.3 Å². The van der Waals surface area contributed by atoms with Crippen LogP contribution in [-0.4, -0.2) is 17.3 Å². The Morgan fingerprint density at radius 3 is 2.35 bits per heavy atom. The van der Waals surface area contributed by atoms with Gasteiger partial charge in [0.15, 0.2) is 11.6 Å². The number of nitrogens with one attached hydrogen (secondary N) is 1. The maximum atomic E-state index is 12.8. The zero-order valence-electron chi connectivity index (χ0n) is 17.9. The number of Topliss-reactive ketones (excluding diaryl/α,β-unsaturated/α-hetero) is 2. The topological polar surface area (TPSA) is 70.0 Å². The van der Waals surface area contributed by atoms with E-state index in [1.54, 1.807) is 12.1 Å². The predicted octanol–water partition coefficient (Wildman–Crippen LogP) is 5.86. The van der Waals surface area contributed by atoms with Crippen LogP contribution in [0, 0.1) is 25.2 Å². The van der Waals surface area contributed by atoms with Crippen LogP contribution < -0.4 is 5.32 Å². The summed E-state index contributed by atoms with van der Waals surface area (Å²) in [4.78, 5) is 25.2. The Bertz CT molecular complexity index is 1160. The lowest BCUT2D eigenvalue weighted by Crippen LogP contribution is -2.27. The van der Waals surface area contributed by atoms with E-state index in [2.05, 4.69) is 11.4 Å². The molecule has 3 rings (SSSR count). The lowest BCUT2D eigenvalue weighted by atomic mass is 9.81. The van der Waals surface area contributed by atoms with Crippen LogP contribution in [0.1, 0.15) is 46.8 Å². The summed E-state index contributed by atoms with van der Waals surface area (Å²) in [6.45, 7) is 7.30. The summed E-state index contributed by atoms with van der Waals surface area (Å²) in [6, 6.07) is 15.1. The Balaban J connectivity index is 1.94. The molecule has 0 radical (unpaired) electrons. The number of allylic oxidation sites excluding steroid dienone is 3. The van der Waals surface area contributed by atoms with Crippen LogP contribution in [0.3, 0.4) is 0 Å². The minimum Gasteiger partial charge on any atom is -0.353 e. The van der Waals surface area contributed by atoms with Crippen LogP contribution in [0.25, 0.3) is 0 Å². The molecule has 0 saturated heterocycles. The number of carbonyl (C=O) groups excluding carboxylic acids is 2. The number of nitriles is 1. The van der Waals surface area contributed by atoms with Crippen LogP contribution in [-0.2, 0) is 4.79 Å². The second-order valence-corrected chi connectivity index (χ2v) is 8.99. The number of rotatable bonds is 6. The maximum absolute atomic E-state index is 12.8. The predicted molar refractivity (Wildman–Crippen MR) is 126 cm³/mol. The van der Waals surface area contributed by atoms with Gasteiger partial charge in [0, 0.05) is 21.9 Å². The fourth-order valence-electron chi connectivity index (χ4n) is 3.62. The molecule has 1 heterocycles. The largest absolute Gasteiger partial charge is 0.353 e. The van der Waals surface area contributed by atoms with Gasteiger partial charge in [0.2, 0.25) is 0 Å². The molecule has 1 N–H and O–H groups in total. The molecular weight excluding hydrogens is 428 g/mol. The fourth-order valence-corrected chi connectivity index (χ4v) is 4.73. The molecule has 0 fully saturated rings. The van der Waals surface area contributed by atoms with Crippen molar-refractivity contribution in [2.24, 2.45) is 0 Å². The normalized spacial score (nSPS) is 16.1. The van der Waals surface area contributed by atoms with Gasteiger partial charge in [0.05, 0.1) is 28.3 Å². The molecule has 31 heavy (non-hydrogen) atoms. The first-order chi connectivity index (χ1) is 14.7. The highest BCUT2D eigenvalue weighted by Crippen LogP contribution is 2.41. The highest BCUT2D eigenvalue weighted by Gasteiger charge is 2.33. The lowest BCUT2D eigenvalue weighted by molar-refractivity contribution is -0.113. The Kier molecular flexibility index (Phi) is 7.04. The standard InChI is InChI=1S/C25H23ClN2O2S/c1-14-5-6-19(11-15(14)2)22(30)13-31-25-21(12-27)24(18-7-9-20(26)10-8-18)23(17(4)29)16(3)28-25/h5-11,24,28H,13H2,1-4H3/t24-/m1/s1. The Morgan fingerprint density at radius 1 is 1.10 bits per heavy atom. The van der Waals surface area contributed by atoms with Gasteiger partial charge in [0.1, 0.15) is 0 Å². The van der Waals surface area contributed by atoms with Gasteiger partial charge in [-0.15, -0.1) is 0 Å².